The fraction of sp³-hybridized carbons (Fsp3) is 0.857. The monoisotopic (exact) mass is 300 g/mol. The van der Waals surface area contributed by atoms with Crippen molar-refractivity contribution in [2.75, 3.05) is 72.0 Å². The number of aldehydes is 1. The summed E-state index contributed by atoms with van der Waals surface area (Å²) in [6.07, 6.45) is 0.922. The predicted octanol–water partition coefficient (Wildman–Crippen LogP) is -1.20. The van der Waals surface area contributed by atoms with Crippen molar-refractivity contribution in [3.8, 4) is 0 Å². The van der Waals surface area contributed by atoms with E-state index in [-0.39, 0.29) is 6.54 Å². The average Bonchev–Trinajstić information content (AvgIpc) is 2.44. The topological polar surface area (TPSA) is 76.1 Å². The second-order valence-corrected chi connectivity index (χ2v) is 5.32. The van der Waals surface area contributed by atoms with E-state index < -0.39 is 5.97 Å². The average molecular weight is 300 g/mol. The van der Waals surface area contributed by atoms with Crippen LogP contribution in [-0.2, 0) is 9.59 Å². The molecule has 7 heteroatoms. The molecule has 0 aromatic heterocycles. The third kappa shape index (κ3) is 8.11. The van der Waals surface area contributed by atoms with Crippen molar-refractivity contribution < 1.29 is 14.7 Å². The summed E-state index contributed by atoms with van der Waals surface area (Å²) in [6.45, 7) is 10.2. The van der Waals surface area contributed by atoms with E-state index in [4.69, 9.17) is 5.11 Å². The van der Waals surface area contributed by atoms with Crippen molar-refractivity contribution in [1.82, 2.24) is 20.0 Å². The van der Waals surface area contributed by atoms with Crippen LogP contribution in [-0.4, -0.2) is 104 Å². The van der Waals surface area contributed by atoms with Gasteiger partial charge in [-0.05, 0) is 6.54 Å². The molecule has 1 aliphatic heterocycles. The number of rotatable bonds is 5. The lowest BCUT2D eigenvalue weighted by Crippen LogP contribution is -2.46. The molecule has 21 heavy (non-hydrogen) atoms. The summed E-state index contributed by atoms with van der Waals surface area (Å²) in [5.74, 6) is -0.804. The van der Waals surface area contributed by atoms with Gasteiger partial charge >= 0.3 is 5.97 Å². The fourth-order valence-corrected chi connectivity index (χ4v) is 2.45. The molecule has 1 rings (SSSR count). The van der Waals surface area contributed by atoms with Crippen molar-refractivity contribution >= 4 is 12.3 Å². The zero-order valence-corrected chi connectivity index (χ0v) is 13.0. The number of nitrogens with one attached hydrogen (secondary N) is 1. The second kappa shape index (κ2) is 10.7. The van der Waals surface area contributed by atoms with Crippen LogP contribution in [0.2, 0.25) is 0 Å². The smallest absolute Gasteiger partial charge is 0.317 e. The standard InChI is InChI=1S/C14H28N4O3/c1-2-16-5-3-15-4-6-18(13-14(20)21)10-9-17(8-7-16)11-12-19/h12,15H,2-11,13H2,1H3,(H,20,21). The highest BCUT2D eigenvalue weighted by Gasteiger charge is 2.14. The van der Waals surface area contributed by atoms with Gasteiger partial charge in [0, 0.05) is 52.4 Å². The molecule has 1 aliphatic rings. The lowest BCUT2D eigenvalue weighted by molar-refractivity contribution is -0.138. The van der Waals surface area contributed by atoms with Gasteiger partial charge in [0.2, 0.25) is 0 Å². The Bertz CT molecular complexity index is 315. The van der Waals surface area contributed by atoms with Crippen LogP contribution in [0.1, 0.15) is 6.92 Å². The third-order valence-corrected chi connectivity index (χ3v) is 3.81. The van der Waals surface area contributed by atoms with Gasteiger partial charge in [-0.1, -0.05) is 6.92 Å². The van der Waals surface area contributed by atoms with Crippen LogP contribution in [0.3, 0.4) is 0 Å². The third-order valence-electron chi connectivity index (χ3n) is 3.81. The quantitative estimate of drug-likeness (QED) is 0.618. The lowest BCUT2D eigenvalue weighted by atomic mass is 10.3. The van der Waals surface area contributed by atoms with E-state index in [0.717, 1.165) is 52.1 Å². The molecular weight excluding hydrogens is 272 g/mol. The van der Waals surface area contributed by atoms with Crippen molar-refractivity contribution in [2.24, 2.45) is 0 Å². The van der Waals surface area contributed by atoms with Crippen LogP contribution in [0, 0.1) is 0 Å². The maximum Gasteiger partial charge on any atom is 0.317 e. The highest BCUT2D eigenvalue weighted by molar-refractivity contribution is 5.69. The molecule has 0 amide bonds. The van der Waals surface area contributed by atoms with Crippen LogP contribution in [0.15, 0.2) is 0 Å². The zero-order valence-electron chi connectivity index (χ0n) is 13.0. The Labute approximate surface area is 126 Å². The number of carboxylic acid groups (broad SMARTS) is 1. The molecule has 0 bridgehead atoms. The van der Waals surface area contributed by atoms with E-state index >= 15 is 0 Å². The molecule has 0 aromatic rings. The summed E-state index contributed by atoms with van der Waals surface area (Å²) in [4.78, 5) is 28.1. The first kappa shape index (κ1) is 18.0. The van der Waals surface area contributed by atoms with Gasteiger partial charge in [0.05, 0.1) is 13.1 Å². The van der Waals surface area contributed by atoms with Gasteiger partial charge in [0.25, 0.3) is 0 Å². The summed E-state index contributed by atoms with van der Waals surface area (Å²) in [5.41, 5.74) is 0. The molecule has 0 unspecified atom stereocenters. The number of nitrogens with zero attached hydrogens (tertiary/aromatic N) is 3. The second-order valence-electron chi connectivity index (χ2n) is 5.32. The number of aliphatic carboxylic acids is 1. The van der Waals surface area contributed by atoms with E-state index in [2.05, 4.69) is 22.0 Å². The van der Waals surface area contributed by atoms with Crippen molar-refractivity contribution in [3.63, 3.8) is 0 Å². The largest absolute Gasteiger partial charge is 0.480 e. The van der Waals surface area contributed by atoms with E-state index in [0.29, 0.717) is 19.6 Å². The first-order valence-corrected chi connectivity index (χ1v) is 7.69. The number of carboxylic acids is 1. The van der Waals surface area contributed by atoms with Crippen LogP contribution >= 0.6 is 0 Å². The highest BCUT2D eigenvalue weighted by Crippen LogP contribution is 1.96. The normalized spacial score (nSPS) is 21.4. The number of carbonyl (C=O) groups excluding carboxylic acids is 1. The molecule has 1 saturated heterocycles. The van der Waals surface area contributed by atoms with Gasteiger partial charge in [-0.15, -0.1) is 0 Å². The molecule has 2 N–H and O–H groups in total. The van der Waals surface area contributed by atoms with Gasteiger partial charge < -0.3 is 20.1 Å². The molecule has 0 spiro atoms. The lowest BCUT2D eigenvalue weighted by Gasteiger charge is -2.29. The summed E-state index contributed by atoms with van der Waals surface area (Å²) >= 11 is 0. The van der Waals surface area contributed by atoms with E-state index in [9.17, 15) is 9.59 Å². The summed E-state index contributed by atoms with van der Waals surface area (Å²) in [7, 11) is 0. The molecule has 122 valence electrons. The van der Waals surface area contributed by atoms with Gasteiger partial charge in [-0.3, -0.25) is 14.6 Å². The van der Waals surface area contributed by atoms with Gasteiger partial charge in [0.15, 0.2) is 0 Å². The number of carbonyl (C=O) groups is 2. The number of likely N-dealkylation sites (N-methyl/N-ethyl adjacent to an activating group) is 1. The Kier molecular flexibility index (Phi) is 9.16. The summed E-state index contributed by atoms with van der Waals surface area (Å²) in [6, 6.07) is 0. The Hall–Kier alpha value is -1.02. The van der Waals surface area contributed by atoms with Gasteiger partial charge in [-0.25, -0.2) is 0 Å². The Morgan fingerprint density at radius 2 is 1.62 bits per heavy atom. The summed E-state index contributed by atoms with van der Waals surface area (Å²) < 4.78 is 0. The minimum atomic E-state index is -0.804. The molecule has 7 nitrogen and oxygen atoms in total. The molecule has 1 fully saturated rings. The SMILES string of the molecule is CCN1CCNCCN(CC(=O)O)CCN(CC=O)CC1. The predicted molar refractivity (Wildman–Crippen MR) is 81.6 cm³/mol. The van der Waals surface area contributed by atoms with Crippen LogP contribution in [0.4, 0.5) is 0 Å². The van der Waals surface area contributed by atoms with Crippen LogP contribution in [0.5, 0.6) is 0 Å². The Balaban J connectivity index is 2.57. The van der Waals surface area contributed by atoms with Gasteiger partial charge in [-0.2, -0.15) is 0 Å². The first-order valence-electron chi connectivity index (χ1n) is 7.69. The Morgan fingerprint density at radius 3 is 2.19 bits per heavy atom. The molecule has 0 aliphatic carbocycles. The summed E-state index contributed by atoms with van der Waals surface area (Å²) in [5, 5.41) is 12.3. The molecule has 0 aromatic carbocycles. The first-order chi connectivity index (χ1) is 10.2. The van der Waals surface area contributed by atoms with Crippen LogP contribution < -0.4 is 5.32 Å². The van der Waals surface area contributed by atoms with E-state index in [1.54, 1.807) is 0 Å². The maximum absolute atomic E-state index is 10.9. The van der Waals surface area contributed by atoms with Crippen molar-refractivity contribution in [1.29, 1.82) is 0 Å². The molecule has 0 radical (unpaired) electrons. The van der Waals surface area contributed by atoms with Crippen LogP contribution in [0.25, 0.3) is 0 Å². The zero-order chi connectivity index (χ0) is 15.5. The minimum absolute atomic E-state index is 0.0533. The number of hydrogen-bond donors (Lipinski definition) is 2. The Morgan fingerprint density at radius 1 is 1.05 bits per heavy atom. The van der Waals surface area contributed by atoms with Crippen molar-refractivity contribution in [2.45, 2.75) is 6.92 Å². The van der Waals surface area contributed by atoms with E-state index in [1.807, 2.05) is 4.90 Å². The maximum atomic E-state index is 10.9. The van der Waals surface area contributed by atoms with Crippen molar-refractivity contribution in [3.05, 3.63) is 0 Å². The van der Waals surface area contributed by atoms with Gasteiger partial charge in [0.1, 0.15) is 6.29 Å². The molecule has 0 saturated carbocycles. The van der Waals surface area contributed by atoms with E-state index in [1.165, 1.54) is 0 Å². The molecule has 0 atom stereocenters. The molecule has 1 heterocycles. The minimum Gasteiger partial charge on any atom is -0.480 e. The number of hydrogen-bond acceptors (Lipinski definition) is 6. The fourth-order valence-electron chi connectivity index (χ4n) is 2.45. The highest BCUT2D eigenvalue weighted by atomic mass is 16.4. The molecular formula is C14H28N4O3.